The van der Waals surface area contributed by atoms with E-state index in [4.69, 9.17) is 0 Å². The van der Waals surface area contributed by atoms with Gasteiger partial charge in [-0.1, -0.05) is 25.1 Å². The minimum absolute atomic E-state index is 0.0634. The van der Waals surface area contributed by atoms with Crippen LogP contribution >= 0.6 is 0 Å². The number of piperidine rings is 2. The predicted octanol–water partition coefficient (Wildman–Crippen LogP) is 3.67. The number of nitrogens with one attached hydrogen (secondary N) is 1. The molecule has 2 aliphatic rings. The van der Waals surface area contributed by atoms with Crippen molar-refractivity contribution in [2.45, 2.75) is 39.0 Å². The average molecular weight is 367 g/mol. The monoisotopic (exact) mass is 367 g/mol. The first kappa shape index (κ1) is 18.1. The largest absolute Gasteiger partial charge is 0.351 e. The van der Waals surface area contributed by atoms with Gasteiger partial charge in [0.25, 0.3) is 5.91 Å². The second-order valence-corrected chi connectivity index (χ2v) is 8.07. The highest BCUT2D eigenvalue weighted by Crippen LogP contribution is 2.28. The smallest absolute Gasteiger partial charge is 0.270 e. The molecule has 1 N–H and O–H groups in total. The Kier molecular flexibility index (Phi) is 5.19. The Morgan fingerprint density at radius 1 is 1.00 bits per heavy atom. The Morgan fingerprint density at radius 3 is 2.41 bits per heavy atom. The van der Waals surface area contributed by atoms with Gasteiger partial charge in [0.1, 0.15) is 5.69 Å². The number of carbonyl (C=O) groups is 2. The van der Waals surface area contributed by atoms with Gasteiger partial charge in [0, 0.05) is 43.0 Å². The SMILES string of the molecule is CC(C(=O)N1CCCCC1)C1CCN(C(=O)c2cc3ccccc3[nH]2)CC1. The topological polar surface area (TPSA) is 56.4 Å². The van der Waals surface area contributed by atoms with E-state index in [0.717, 1.165) is 62.8 Å². The molecule has 5 nitrogen and oxygen atoms in total. The predicted molar refractivity (Wildman–Crippen MR) is 107 cm³/mol. The van der Waals surface area contributed by atoms with Gasteiger partial charge in [0.2, 0.25) is 5.91 Å². The zero-order chi connectivity index (χ0) is 18.8. The zero-order valence-corrected chi connectivity index (χ0v) is 16.1. The van der Waals surface area contributed by atoms with Crippen LogP contribution in [-0.2, 0) is 4.79 Å². The molecule has 0 saturated carbocycles. The molecule has 1 atom stereocenters. The average Bonchev–Trinajstić information content (AvgIpc) is 3.17. The van der Waals surface area contributed by atoms with Gasteiger partial charge < -0.3 is 14.8 Å². The minimum Gasteiger partial charge on any atom is -0.351 e. The molecule has 27 heavy (non-hydrogen) atoms. The first-order valence-electron chi connectivity index (χ1n) is 10.3. The van der Waals surface area contributed by atoms with E-state index in [1.165, 1.54) is 6.42 Å². The van der Waals surface area contributed by atoms with Crippen molar-refractivity contribution in [2.75, 3.05) is 26.2 Å². The van der Waals surface area contributed by atoms with Crippen LogP contribution in [0, 0.1) is 11.8 Å². The van der Waals surface area contributed by atoms with E-state index >= 15 is 0 Å². The molecule has 2 aliphatic heterocycles. The number of benzene rings is 1. The number of aromatic nitrogens is 1. The van der Waals surface area contributed by atoms with Gasteiger partial charge in [-0.15, -0.1) is 0 Å². The van der Waals surface area contributed by atoms with Crippen molar-refractivity contribution < 1.29 is 9.59 Å². The molecular formula is C22H29N3O2. The van der Waals surface area contributed by atoms with E-state index in [0.29, 0.717) is 17.5 Å². The van der Waals surface area contributed by atoms with Crippen LogP contribution in [0.4, 0.5) is 0 Å². The molecule has 1 aromatic carbocycles. The molecule has 5 heteroatoms. The van der Waals surface area contributed by atoms with E-state index in [2.05, 4.69) is 16.8 Å². The highest BCUT2D eigenvalue weighted by Gasteiger charge is 2.32. The Labute approximate surface area is 160 Å². The lowest BCUT2D eigenvalue weighted by Gasteiger charge is -2.37. The number of carbonyl (C=O) groups excluding carboxylic acids is 2. The number of rotatable bonds is 3. The molecule has 2 aromatic rings. The van der Waals surface area contributed by atoms with Crippen molar-refractivity contribution in [1.29, 1.82) is 0 Å². The number of H-pyrrole nitrogens is 1. The van der Waals surface area contributed by atoms with Crippen molar-refractivity contribution in [1.82, 2.24) is 14.8 Å². The third-order valence-electron chi connectivity index (χ3n) is 6.35. The van der Waals surface area contributed by atoms with Crippen LogP contribution in [-0.4, -0.2) is 52.8 Å². The first-order chi connectivity index (χ1) is 13.1. The van der Waals surface area contributed by atoms with Gasteiger partial charge in [0.15, 0.2) is 0 Å². The molecular weight excluding hydrogens is 338 g/mol. The van der Waals surface area contributed by atoms with Crippen LogP contribution in [0.5, 0.6) is 0 Å². The molecule has 2 saturated heterocycles. The summed E-state index contributed by atoms with van der Waals surface area (Å²) in [6, 6.07) is 9.90. The van der Waals surface area contributed by atoms with E-state index in [1.807, 2.05) is 35.2 Å². The van der Waals surface area contributed by atoms with Crippen molar-refractivity contribution in [3.63, 3.8) is 0 Å². The fourth-order valence-corrected chi connectivity index (χ4v) is 4.57. The molecule has 0 aliphatic carbocycles. The summed E-state index contributed by atoms with van der Waals surface area (Å²) in [5.41, 5.74) is 1.66. The highest BCUT2D eigenvalue weighted by molar-refractivity contribution is 5.98. The molecule has 0 bridgehead atoms. The molecule has 1 aromatic heterocycles. The van der Waals surface area contributed by atoms with Crippen LogP contribution < -0.4 is 0 Å². The summed E-state index contributed by atoms with van der Waals surface area (Å²) in [5, 5.41) is 1.07. The van der Waals surface area contributed by atoms with E-state index < -0.39 is 0 Å². The zero-order valence-electron chi connectivity index (χ0n) is 16.1. The fraction of sp³-hybridized carbons (Fsp3) is 0.545. The van der Waals surface area contributed by atoms with Crippen molar-refractivity contribution >= 4 is 22.7 Å². The van der Waals surface area contributed by atoms with Gasteiger partial charge in [-0.3, -0.25) is 9.59 Å². The Bertz CT molecular complexity index is 781. The van der Waals surface area contributed by atoms with Crippen molar-refractivity contribution in [3.05, 3.63) is 36.0 Å². The summed E-state index contributed by atoms with van der Waals surface area (Å²) in [7, 11) is 0. The maximum absolute atomic E-state index is 12.8. The maximum Gasteiger partial charge on any atom is 0.270 e. The van der Waals surface area contributed by atoms with Crippen LogP contribution in [0.25, 0.3) is 10.9 Å². The number of para-hydroxylation sites is 1. The van der Waals surface area contributed by atoms with Crippen molar-refractivity contribution in [3.8, 4) is 0 Å². The maximum atomic E-state index is 12.8. The summed E-state index contributed by atoms with van der Waals surface area (Å²) in [4.78, 5) is 32.8. The lowest BCUT2D eigenvalue weighted by molar-refractivity contribution is -0.138. The molecule has 3 heterocycles. The first-order valence-corrected chi connectivity index (χ1v) is 10.3. The molecule has 4 rings (SSSR count). The number of fused-ring (bicyclic) bond motifs is 1. The lowest BCUT2D eigenvalue weighted by atomic mass is 9.84. The molecule has 144 valence electrons. The van der Waals surface area contributed by atoms with Gasteiger partial charge in [-0.25, -0.2) is 0 Å². The lowest BCUT2D eigenvalue weighted by Crippen LogP contribution is -2.45. The van der Waals surface area contributed by atoms with Crippen LogP contribution in [0.3, 0.4) is 0 Å². The van der Waals surface area contributed by atoms with Gasteiger partial charge in [-0.2, -0.15) is 0 Å². The molecule has 2 fully saturated rings. The number of nitrogens with zero attached hydrogens (tertiary/aromatic N) is 2. The van der Waals surface area contributed by atoms with E-state index in [1.54, 1.807) is 0 Å². The Balaban J connectivity index is 1.35. The third-order valence-corrected chi connectivity index (χ3v) is 6.35. The summed E-state index contributed by atoms with van der Waals surface area (Å²) in [5.74, 6) is 0.828. The quantitative estimate of drug-likeness (QED) is 0.900. The summed E-state index contributed by atoms with van der Waals surface area (Å²) >= 11 is 0. The van der Waals surface area contributed by atoms with E-state index in [-0.39, 0.29) is 11.8 Å². The number of aromatic amines is 1. The van der Waals surface area contributed by atoms with Gasteiger partial charge >= 0.3 is 0 Å². The molecule has 0 spiro atoms. The van der Waals surface area contributed by atoms with Crippen LogP contribution in [0.1, 0.15) is 49.5 Å². The summed E-state index contributed by atoms with van der Waals surface area (Å²) in [6.07, 6.45) is 5.33. The minimum atomic E-state index is 0.0634. The fourth-order valence-electron chi connectivity index (χ4n) is 4.57. The van der Waals surface area contributed by atoms with Crippen LogP contribution in [0.15, 0.2) is 30.3 Å². The summed E-state index contributed by atoms with van der Waals surface area (Å²) < 4.78 is 0. The third kappa shape index (κ3) is 3.73. The Hall–Kier alpha value is -2.30. The van der Waals surface area contributed by atoms with Gasteiger partial charge in [0.05, 0.1) is 0 Å². The Morgan fingerprint density at radius 2 is 1.70 bits per heavy atom. The number of hydrogen-bond donors (Lipinski definition) is 1. The summed E-state index contributed by atoms with van der Waals surface area (Å²) in [6.45, 7) is 5.38. The normalized spacial score (nSPS) is 20.0. The molecule has 0 radical (unpaired) electrons. The molecule has 2 amide bonds. The standard InChI is InChI=1S/C22H29N3O2/c1-16(21(26)24-11-5-2-6-12-24)17-9-13-25(14-10-17)22(27)20-15-18-7-3-4-8-19(18)23-20/h3-4,7-8,15-17,23H,2,5-6,9-14H2,1H3. The van der Waals surface area contributed by atoms with Crippen molar-refractivity contribution in [2.24, 2.45) is 11.8 Å². The number of hydrogen-bond acceptors (Lipinski definition) is 2. The van der Waals surface area contributed by atoms with E-state index in [9.17, 15) is 9.59 Å². The number of amides is 2. The molecule has 1 unspecified atom stereocenters. The second kappa shape index (κ2) is 7.75. The second-order valence-electron chi connectivity index (χ2n) is 8.07. The number of likely N-dealkylation sites (tertiary alicyclic amines) is 2. The van der Waals surface area contributed by atoms with Crippen LogP contribution in [0.2, 0.25) is 0 Å². The highest BCUT2D eigenvalue weighted by atomic mass is 16.2. The van der Waals surface area contributed by atoms with Gasteiger partial charge in [-0.05, 0) is 50.2 Å².